The van der Waals surface area contributed by atoms with Crippen LogP contribution in [0.15, 0.2) is 111 Å². The number of benzene rings is 4. The quantitative estimate of drug-likeness (QED) is 0.234. The predicted octanol–water partition coefficient (Wildman–Crippen LogP) is 5.98. The first kappa shape index (κ1) is 25.6. The molecule has 2 heterocycles. The second-order valence-electron chi connectivity index (χ2n) is 9.14. The van der Waals surface area contributed by atoms with Crippen LogP contribution in [0.1, 0.15) is 21.5 Å². The molecule has 9 nitrogen and oxygen atoms in total. The molecule has 9 heteroatoms. The number of para-hydroxylation sites is 3. The van der Waals surface area contributed by atoms with Gasteiger partial charge in [-0.3, -0.25) is 4.79 Å². The summed E-state index contributed by atoms with van der Waals surface area (Å²) < 4.78 is 18.9. The van der Waals surface area contributed by atoms with Crippen LogP contribution in [0.3, 0.4) is 0 Å². The zero-order valence-corrected chi connectivity index (χ0v) is 21.9. The molecule has 0 saturated carbocycles. The molecule has 202 valence electrons. The van der Waals surface area contributed by atoms with Gasteiger partial charge in [0, 0.05) is 10.9 Å². The van der Waals surface area contributed by atoms with E-state index in [1.165, 1.54) is 24.1 Å². The summed E-state index contributed by atoms with van der Waals surface area (Å²) in [6.07, 6.45) is 1.50. The van der Waals surface area contributed by atoms with Crippen molar-refractivity contribution in [2.24, 2.45) is 5.10 Å². The smallest absolute Gasteiger partial charge is 0.335 e. The summed E-state index contributed by atoms with van der Waals surface area (Å²) in [5.74, 6) is 0.451. The Morgan fingerprint density at radius 2 is 1.80 bits per heavy atom. The molecule has 0 aliphatic rings. The molecule has 4 aromatic carbocycles. The zero-order chi connectivity index (χ0) is 28.3. The molecule has 0 amide bonds. The highest BCUT2D eigenvalue weighted by Gasteiger charge is 2.17. The maximum absolute atomic E-state index is 13.6. The van der Waals surface area contributed by atoms with Crippen LogP contribution in [0.4, 0.5) is 0 Å². The molecule has 0 unspecified atom stereocenters. The predicted molar refractivity (Wildman–Crippen MR) is 155 cm³/mol. The van der Waals surface area contributed by atoms with Crippen molar-refractivity contribution < 1.29 is 23.8 Å². The Morgan fingerprint density at radius 3 is 2.63 bits per heavy atom. The van der Waals surface area contributed by atoms with Gasteiger partial charge in [-0.1, -0.05) is 48.5 Å². The van der Waals surface area contributed by atoms with Crippen molar-refractivity contribution in [2.75, 3.05) is 7.11 Å². The van der Waals surface area contributed by atoms with Crippen molar-refractivity contribution in [3.8, 4) is 23.1 Å². The average molecular weight is 546 g/mol. The Kier molecular flexibility index (Phi) is 6.75. The van der Waals surface area contributed by atoms with Gasteiger partial charge in [-0.15, -0.1) is 0 Å². The standard InChI is InChI=1S/C32H23N3O6/c1-39-27-15-7-11-23(29(27)40-19-20-8-6-10-22(16-20)32(37)38)18-33-35-30(28-17-21-9-2-5-14-26(21)41-28)34-25-13-4-3-12-24(25)31(35)36/h2-18H,19H2,1H3,(H,37,38). The number of nitrogens with zero attached hydrogens (tertiary/aromatic N) is 3. The summed E-state index contributed by atoms with van der Waals surface area (Å²) in [6, 6.07) is 28.2. The second kappa shape index (κ2) is 10.8. The Bertz CT molecular complexity index is 1970. The van der Waals surface area contributed by atoms with Gasteiger partial charge in [0.1, 0.15) is 12.2 Å². The summed E-state index contributed by atoms with van der Waals surface area (Å²) in [7, 11) is 1.52. The number of furan rings is 1. The molecule has 1 N–H and O–H groups in total. The molecule has 0 atom stereocenters. The van der Waals surface area contributed by atoms with Crippen LogP contribution in [0.5, 0.6) is 11.5 Å². The number of aromatic carboxylic acids is 1. The summed E-state index contributed by atoms with van der Waals surface area (Å²) in [5.41, 5.74) is 2.19. The number of carbonyl (C=O) groups is 1. The van der Waals surface area contributed by atoms with E-state index < -0.39 is 5.97 Å². The first-order valence-corrected chi connectivity index (χ1v) is 12.7. The lowest BCUT2D eigenvalue weighted by molar-refractivity contribution is 0.0696. The normalized spacial score (nSPS) is 11.3. The Balaban J connectivity index is 1.43. The van der Waals surface area contributed by atoms with E-state index in [1.807, 2.05) is 36.4 Å². The molecule has 0 bridgehead atoms. The molecule has 0 radical (unpaired) electrons. The van der Waals surface area contributed by atoms with E-state index in [0.717, 1.165) is 5.39 Å². The molecule has 0 fully saturated rings. The van der Waals surface area contributed by atoms with Crippen molar-refractivity contribution in [2.45, 2.75) is 6.61 Å². The number of carboxylic acids is 1. The van der Waals surface area contributed by atoms with Crippen molar-refractivity contribution in [3.05, 3.63) is 124 Å². The molecule has 2 aromatic heterocycles. The van der Waals surface area contributed by atoms with Crippen LogP contribution < -0.4 is 15.0 Å². The SMILES string of the molecule is COc1cccc(C=Nn2c(-c3cc4ccccc4o3)nc3ccccc3c2=O)c1OCc1cccc(C(=O)O)c1. The summed E-state index contributed by atoms with van der Waals surface area (Å²) in [4.78, 5) is 29.7. The van der Waals surface area contributed by atoms with Gasteiger partial charge in [0.05, 0.1) is 29.8 Å². The van der Waals surface area contributed by atoms with Gasteiger partial charge >= 0.3 is 5.97 Å². The molecular weight excluding hydrogens is 522 g/mol. The lowest BCUT2D eigenvalue weighted by atomic mass is 10.1. The van der Waals surface area contributed by atoms with Crippen LogP contribution in [0.25, 0.3) is 33.5 Å². The third-order valence-corrected chi connectivity index (χ3v) is 6.50. The number of hydrogen-bond acceptors (Lipinski definition) is 7. The van der Waals surface area contributed by atoms with Gasteiger partial charge in [-0.2, -0.15) is 9.78 Å². The minimum absolute atomic E-state index is 0.0873. The third kappa shape index (κ3) is 5.04. The van der Waals surface area contributed by atoms with Crippen molar-refractivity contribution in [1.82, 2.24) is 9.66 Å². The van der Waals surface area contributed by atoms with Gasteiger partial charge in [-0.25, -0.2) is 9.78 Å². The van der Waals surface area contributed by atoms with Crippen molar-refractivity contribution in [1.29, 1.82) is 0 Å². The number of ether oxygens (including phenoxy) is 2. The molecule has 0 aliphatic carbocycles. The van der Waals surface area contributed by atoms with Crippen LogP contribution in [0.2, 0.25) is 0 Å². The number of rotatable bonds is 8. The van der Waals surface area contributed by atoms with E-state index in [9.17, 15) is 14.7 Å². The zero-order valence-electron chi connectivity index (χ0n) is 21.9. The minimum atomic E-state index is -1.02. The monoisotopic (exact) mass is 545 g/mol. The number of hydrogen-bond donors (Lipinski definition) is 1. The Hall–Kier alpha value is -5.70. The lowest BCUT2D eigenvalue weighted by Crippen LogP contribution is -2.20. The van der Waals surface area contributed by atoms with Gasteiger partial charge in [0.25, 0.3) is 5.56 Å². The molecule has 0 saturated heterocycles. The number of aromatic nitrogens is 2. The summed E-state index contributed by atoms with van der Waals surface area (Å²) >= 11 is 0. The van der Waals surface area contributed by atoms with Crippen LogP contribution in [0, 0.1) is 0 Å². The van der Waals surface area contributed by atoms with E-state index in [1.54, 1.807) is 54.6 Å². The maximum Gasteiger partial charge on any atom is 0.335 e. The molecule has 0 spiro atoms. The highest BCUT2D eigenvalue weighted by Crippen LogP contribution is 2.31. The molecule has 41 heavy (non-hydrogen) atoms. The first-order valence-electron chi connectivity index (χ1n) is 12.7. The summed E-state index contributed by atoms with van der Waals surface area (Å²) in [5, 5.41) is 15.1. The minimum Gasteiger partial charge on any atom is -0.493 e. The molecule has 6 aromatic rings. The van der Waals surface area contributed by atoms with Crippen LogP contribution in [-0.2, 0) is 6.61 Å². The van der Waals surface area contributed by atoms with Gasteiger partial charge in [0.15, 0.2) is 17.3 Å². The van der Waals surface area contributed by atoms with E-state index in [-0.39, 0.29) is 23.6 Å². The van der Waals surface area contributed by atoms with E-state index >= 15 is 0 Å². The van der Waals surface area contributed by atoms with Gasteiger partial charge in [0.2, 0.25) is 5.82 Å². The number of carboxylic acid groups (broad SMARTS) is 1. The fourth-order valence-electron chi connectivity index (χ4n) is 4.50. The lowest BCUT2D eigenvalue weighted by Gasteiger charge is -2.14. The van der Waals surface area contributed by atoms with Crippen LogP contribution >= 0.6 is 0 Å². The Morgan fingerprint density at radius 1 is 1.00 bits per heavy atom. The van der Waals surface area contributed by atoms with Crippen LogP contribution in [-0.4, -0.2) is 34.1 Å². The molecular formula is C32H23N3O6. The maximum atomic E-state index is 13.6. The highest BCUT2D eigenvalue weighted by molar-refractivity contribution is 5.88. The largest absolute Gasteiger partial charge is 0.493 e. The fraction of sp³-hybridized carbons (Fsp3) is 0.0625. The Labute approximate surface area is 233 Å². The number of fused-ring (bicyclic) bond motifs is 2. The topological polar surface area (TPSA) is 116 Å². The van der Waals surface area contributed by atoms with Gasteiger partial charge in [-0.05, 0) is 54.1 Å². The second-order valence-corrected chi connectivity index (χ2v) is 9.14. The number of methoxy groups -OCH3 is 1. The molecule has 6 rings (SSSR count). The molecule has 0 aliphatic heterocycles. The fourth-order valence-corrected chi connectivity index (χ4v) is 4.50. The van der Waals surface area contributed by atoms with Gasteiger partial charge < -0.3 is 19.0 Å². The average Bonchev–Trinajstić information content (AvgIpc) is 3.44. The van der Waals surface area contributed by atoms with E-state index in [4.69, 9.17) is 18.9 Å². The highest BCUT2D eigenvalue weighted by atomic mass is 16.5. The van der Waals surface area contributed by atoms with E-state index in [0.29, 0.717) is 44.9 Å². The summed E-state index contributed by atoms with van der Waals surface area (Å²) in [6.45, 7) is 0.0873. The third-order valence-electron chi connectivity index (χ3n) is 6.50. The van der Waals surface area contributed by atoms with Crippen molar-refractivity contribution in [3.63, 3.8) is 0 Å². The first-order chi connectivity index (χ1) is 20.0. The van der Waals surface area contributed by atoms with Crippen molar-refractivity contribution >= 4 is 34.1 Å². The van der Waals surface area contributed by atoms with E-state index in [2.05, 4.69) is 5.10 Å².